The Hall–Kier alpha value is -0.120. The van der Waals surface area contributed by atoms with Gasteiger partial charge in [-0.25, -0.2) is 0 Å². The van der Waals surface area contributed by atoms with Crippen LogP contribution in [-0.4, -0.2) is 34.5 Å². The molecule has 0 spiro atoms. The zero-order valence-electron chi connectivity index (χ0n) is 7.76. The van der Waals surface area contributed by atoms with Crippen LogP contribution in [-0.2, 0) is 0 Å². The molecule has 3 heteroatoms. The molecule has 0 bridgehead atoms. The predicted molar refractivity (Wildman–Crippen MR) is 45.4 cm³/mol. The first-order valence-corrected chi connectivity index (χ1v) is 3.97. The van der Waals surface area contributed by atoms with Crippen molar-refractivity contribution in [2.75, 3.05) is 6.54 Å². The van der Waals surface area contributed by atoms with Crippen LogP contribution in [0.3, 0.4) is 0 Å². The van der Waals surface area contributed by atoms with Gasteiger partial charge in [-0.05, 0) is 27.7 Å². The van der Waals surface area contributed by atoms with Crippen molar-refractivity contribution in [3.63, 3.8) is 0 Å². The fourth-order valence-electron chi connectivity index (χ4n) is 0.581. The molecule has 0 aliphatic carbocycles. The molecular weight excluding hydrogens is 142 g/mol. The first-order chi connectivity index (χ1) is 4.83. The number of aliphatic hydroxyl groups excluding tert-OH is 1. The average molecular weight is 161 g/mol. The van der Waals surface area contributed by atoms with Gasteiger partial charge in [-0.3, -0.25) is 0 Å². The summed E-state index contributed by atoms with van der Waals surface area (Å²) >= 11 is 0. The van der Waals surface area contributed by atoms with Crippen LogP contribution in [0.1, 0.15) is 27.7 Å². The second-order valence-electron chi connectivity index (χ2n) is 3.72. The maximum atomic E-state index is 9.30. The first kappa shape index (κ1) is 10.9. The molecule has 3 N–H and O–H groups in total. The molecule has 0 amide bonds. The summed E-state index contributed by atoms with van der Waals surface area (Å²) in [5.74, 6) is 0. The number of rotatable bonds is 4. The molecule has 0 aliphatic rings. The minimum atomic E-state index is -0.705. The summed E-state index contributed by atoms with van der Waals surface area (Å²) in [6, 6.07) is 0.0291. The van der Waals surface area contributed by atoms with Crippen LogP contribution in [0.2, 0.25) is 0 Å². The third-order valence-corrected chi connectivity index (χ3v) is 1.58. The van der Waals surface area contributed by atoms with E-state index in [1.807, 2.05) is 6.92 Å². The van der Waals surface area contributed by atoms with Crippen molar-refractivity contribution in [1.82, 2.24) is 5.32 Å². The van der Waals surface area contributed by atoms with E-state index in [2.05, 4.69) is 5.32 Å². The molecule has 0 aromatic heterocycles. The number of aliphatic hydroxyl groups is 2. The van der Waals surface area contributed by atoms with Crippen molar-refractivity contribution in [1.29, 1.82) is 0 Å². The molecule has 2 atom stereocenters. The van der Waals surface area contributed by atoms with E-state index in [9.17, 15) is 5.11 Å². The average Bonchev–Trinajstić information content (AvgIpc) is 1.80. The van der Waals surface area contributed by atoms with E-state index < -0.39 is 5.60 Å². The minimum Gasteiger partial charge on any atom is -0.392 e. The second kappa shape index (κ2) is 4.04. The topological polar surface area (TPSA) is 52.5 Å². The first-order valence-electron chi connectivity index (χ1n) is 3.97. The second-order valence-corrected chi connectivity index (χ2v) is 3.72. The molecule has 0 aliphatic heterocycles. The molecule has 0 rings (SSSR count). The van der Waals surface area contributed by atoms with Crippen molar-refractivity contribution in [3.05, 3.63) is 0 Å². The molecule has 0 heterocycles. The normalized spacial score (nSPS) is 18.0. The van der Waals surface area contributed by atoms with E-state index >= 15 is 0 Å². The molecule has 3 nitrogen and oxygen atoms in total. The fourth-order valence-corrected chi connectivity index (χ4v) is 0.581. The molecule has 11 heavy (non-hydrogen) atoms. The summed E-state index contributed by atoms with van der Waals surface area (Å²) < 4.78 is 0. The molecule has 0 aromatic rings. The minimum absolute atomic E-state index is 0.0291. The zero-order valence-corrected chi connectivity index (χ0v) is 7.76. The molecule has 0 radical (unpaired) electrons. The van der Waals surface area contributed by atoms with E-state index in [-0.39, 0.29) is 12.1 Å². The lowest BCUT2D eigenvalue weighted by Crippen LogP contribution is -2.43. The quantitative estimate of drug-likeness (QED) is 0.549. The van der Waals surface area contributed by atoms with Crippen molar-refractivity contribution in [2.24, 2.45) is 0 Å². The Labute approximate surface area is 68.4 Å². The van der Waals surface area contributed by atoms with Crippen LogP contribution in [0.4, 0.5) is 0 Å². The van der Waals surface area contributed by atoms with Crippen LogP contribution in [0.25, 0.3) is 0 Å². The monoisotopic (exact) mass is 161 g/mol. The van der Waals surface area contributed by atoms with Gasteiger partial charge >= 0.3 is 0 Å². The third kappa shape index (κ3) is 6.28. The zero-order chi connectivity index (χ0) is 9.07. The van der Waals surface area contributed by atoms with Gasteiger partial charge in [0.25, 0.3) is 0 Å². The van der Waals surface area contributed by atoms with Crippen LogP contribution >= 0.6 is 0 Å². The summed E-state index contributed by atoms with van der Waals surface area (Å²) in [6.45, 7) is 7.57. The Morgan fingerprint density at radius 2 is 1.82 bits per heavy atom. The summed E-state index contributed by atoms with van der Waals surface area (Å²) in [5.41, 5.74) is -0.705. The molecule has 68 valence electrons. The highest BCUT2D eigenvalue weighted by atomic mass is 16.3. The maximum absolute atomic E-state index is 9.30. The molecular formula is C8H19NO2. The summed E-state index contributed by atoms with van der Waals surface area (Å²) in [6.07, 6.45) is -0.377. The summed E-state index contributed by atoms with van der Waals surface area (Å²) in [5, 5.41) is 21.4. The lowest BCUT2D eigenvalue weighted by atomic mass is 10.1. The fraction of sp³-hybridized carbons (Fsp3) is 1.00. The lowest BCUT2D eigenvalue weighted by molar-refractivity contribution is 0.0667. The highest BCUT2D eigenvalue weighted by Gasteiger charge is 2.15. The van der Waals surface area contributed by atoms with Gasteiger partial charge in [-0.2, -0.15) is 0 Å². The van der Waals surface area contributed by atoms with Gasteiger partial charge in [0, 0.05) is 12.6 Å². The Morgan fingerprint density at radius 3 is 2.09 bits per heavy atom. The van der Waals surface area contributed by atoms with Crippen molar-refractivity contribution < 1.29 is 10.2 Å². The van der Waals surface area contributed by atoms with Crippen LogP contribution in [0.15, 0.2) is 0 Å². The Kier molecular flexibility index (Phi) is 4.00. The van der Waals surface area contributed by atoms with Gasteiger partial charge in [0.2, 0.25) is 0 Å². The molecule has 2 unspecified atom stereocenters. The van der Waals surface area contributed by atoms with Crippen LogP contribution < -0.4 is 5.32 Å². The van der Waals surface area contributed by atoms with E-state index in [1.165, 1.54) is 0 Å². The van der Waals surface area contributed by atoms with Crippen LogP contribution in [0.5, 0.6) is 0 Å². The number of hydrogen-bond donors (Lipinski definition) is 3. The van der Waals surface area contributed by atoms with Gasteiger partial charge in [-0.1, -0.05) is 0 Å². The van der Waals surface area contributed by atoms with Crippen molar-refractivity contribution in [2.45, 2.75) is 45.4 Å². The van der Waals surface area contributed by atoms with E-state index in [0.29, 0.717) is 6.54 Å². The van der Waals surface area contributed by atoms with E-state index in [4.69, 9.17) is 5.11 Å². The van der Waals surface area contributed by atoms with Gasteiger partial charge in [-0.15, -0.1) is 0 Å². The predicted octanol–water partition coefficient (Wildman–Crippen LogP) is 0.116. The summed E-state index contributed by atoms with van der Waals surface area (Å²) in [7, 11) is 0. The van der Waals surface area contributed by atoms with E-state index in [0.717, 1.165) is 0 Å². The SMILES string of the molecule is CC(O)C(C)NCC(C)(C)O. The van der Waals surface area contributed by atoms with Crippen molar-refractivity contribution in [3.8, 4) is 0 Å². The molecule has 0 saturated carbocycles. The van der Waals surface area contributed by atoms with Gasteiger partial charge in [0.1, 0.15) is 0 Å². The Balaban J connectivity index is 3.54. The van der Waals surface area contributed by atoms with Gasteiger partial charge in [0.15, 0.2) is 0 Å². The lowest BCUT2D eigenvalue weighted by Gasteiger charge is -2.23. The smallest absolute Gasteiger partial charge is 0.0715 e. The number of hydrogen-bond acceptors (Lipinski definition) is 3. The van der Waals surface area contributed by atoms with Gasteiger partial charge < -0.3 is 15.5 Å². The van der Waals surface area contributed by atoms with Crippen LogP contribution in [0, 0.1) is 0 Å². The molecule has 0 fully saturated rings. The Bertz CT molecular complexity index is 107. The molecule has 0 saturated heterocycles. The summed E-state index contributed by atoms with van der Waals surface area (Å²) in [4.78, 5) is 0. The maximum Gasteiger partial charge on any atom is 0.0715 e. The number of nitrogens with one attached hydrogen (secondary N) is 1. The van der Waals surface area contributed by atoms with E-state index in [1.54, 1.807) is 20.8 Å². The van der Waals surface area contributed by atoms with Gasteiger partial charge in [0.05, 0.1) is 11.7 Å². The highest BCUT2D eigenvalue weighted by molar-refractivity contribution is 4.73. The molecule has 0 aromatic carbocycles. The van der Waals surface area contributed by atoms with Crippen molar-refractivity contribution >= 4 is 0 Å². The largest absolute Gasteiger partial charge is 0.392 e. The standard InChI is InChI=1S/C8H19NO2/c1-6(7(2)10)9-5-8(3,4)11/h6-7,9-11H,5H2,1-4H3. The highest BCUT2D eigenvalue weighted by Crippen LogP contribution is 1.99. The Morgan fingerprint density at radius 1 is 1.36 bits per heavy atom. The third-order valence-electron chi connectivity index (χ3n) is 1.58.